The number of carbonyl (C=O) groups is 3. The highest BCUT2D eigenvalue weighted by atomic mass is 35.5. The van der Waals surface area contributed by atoms with Gasteiger partial charge in [-0.3, -0.25) is 9.69 Å². The number of rotatable bonds is 7. The lowest BCUT2D eigenvalue weighted by Crippen LogP contribution is -2.71. The second-order valence-electron chi connectivity index (χ2n) is 5.32. The molecule has 1 aromatic heterocycles. The van der Waals surface area contributed by atoms with Crippen LogP contribution in [-0.2, 0) is 9.59 Å². The van der Waals surface area contributed by atoms with Gasteiger partial charge in [-0.2, -0.15) is 0 Å². The molecule has 1 aromatic rings. The monoisotopic (exact) mass is 418 g/mol. The van der Waals surface area contributed by atoms with Gasteiger partial charge in [-0.05, 0) is 5.57 Å². The van der Waals surface area contributed by atoms with E-state index in [4.69, 9.17) is 11.6 Å². The number of carboxylic acids is 1. The number of thioether (sulfide) groups is 2. The second-order valence-corrected chi connectivity index (χ2v) is 7.76. The number of carboxylic acid groups (broad SMARTS) is 1. The first-order valence-electron chi connectivity index (χ1n) is 7.52. The van der Waals surface area contributed by atoms with E-state index >= 15 is 0 Å². The van der Waals surface area contributed by atoms with Gasteiger partial charge in [0.05, 0.1) is 0 Å². The Bertz CT molecular complexity index is 743. The molecule has 4 N–H and O–H groups in total. The van der Waals surface area contributed by atoms with Crippen LogP contribution in [0.25, 0.3) is 0 Å². The topological polar surface area (TPSA) is 140 Å². The van der Waals surface area contributed by atoms with Crippen LogP contribution in [0.1, 0.15) is 0 Å². The van der Waals surface area contributed by atoms with Crippen molar-refractivity contribution in [2.24, 2.45) is 0 Å². The number of urea groups is 1. The lowest BCUT2D eigenvalue weighted by molar-refractivity contribution is -0.148. The fraction of sp³-hybridized carbons (Fsp3) is 0.462. The fourth-order valence-electron chi connectivity index (χ4n) is 2.57. The van der Waals surface area contributed by atoms with E-state index in [0.717, 1.165) is 0 Å². The zero-order valence-electron chi connectivity index (χ0n) is 13.3. The molecular weight excluding hydrogens is 404 g/mol. The van der Waals surface area contributed by atoms with E-state index in [9.17, 15) is 19.5 Å². The van der Waals surface area contributed by atoms with Crippen molar-refractivity contribution in [1.29, 1.82) is 0 Å². The van der Waals surface area contributed by atoms with Crippen LogP contribution >= 0.6 is 35.1 Å². The summed E-state index contributed by atoms with van der Waals surface area (Å²) in [4.78, 5) is 39.9. The third kappa shape index (κ3) is 3.76. The summed E-state index contributed by atoms with van der Waals surface area (Å²) in [7, 11) is 0. The third-order valence-corrected chi connectivity index (χ3v) is 6.19. The fourth-order valence-corrected chi connectivity index (χ4v) is 4.93. The maximum Gasteiger partial charge on any atom is 0.352 e. The van der Waals surface area contributed by atoms with Crippen molar-refractivity contribution in [2.75, 3.05) is 23.9 Å². The van der Waals surface area contributed by atoms with E-state index < -0.39 is 29.3 Å². The van der Waals surface area contributed by atoms with Crippen molar-refractivity contribution < 1.29 is 19.5 Å². The van der Waals surface area contributed by atoms with Crippen molar-refractivity contribution in [3.05, 3.63) is 17.6 Å². The molecule has 1 saturated heterocycles. The normalized spacial score (nSPS) is 21.9. The maximum atomic E-state index is 12.4. The van der Waals surface area contributed by atoms with Crippen LogP contribution in [0.2, 0.25) is 0 Å². The minimum Gasteiger partial charge on any atom is -0.477 e. The Hall–Kier alpha value is -1.92. The number of alkyl halides is 1. The molecule has 26 heavy (non-hydrogen) atoms. The Kier molecular flexibility index (Phi) is 5.94. The average Bonchev–Trinajstić information content (AvgIpc) is 3.15. The first-order valence-corrected chi connectivity index (χ1v) is 10.1. The number of H-pyrrole nitrogens is 1. The molecule has 10 nitrogen and oxygen atoms in total. The van der Waals surface area contributed by atoms with Crippen LogP contribution in [0.5, 0.6) is 0 Å². The smallest absolute Gasteiger partial charge is 0.352 e. The van der Waals surface area contributed by atoms with Crippen LogP contribution in [0.15, 0.2) is 22.8 Å². The van der Waals surface area contributed by atoms with Gasteiger partial charge in [-0.1, -0.05) is 11.8 Å². The summed E-state index contributed by atoms with van der Waals surface area (Å²) in [5.74, 6) is -0.536. The molecule has 0 bridgehead atoms. The predicted molar refractivity (Wildman–Crippen MR) is 95.9 cm³/mol. The van der Waals surface area contributed by atoms with Crippen LogP contribution in [-0.4, -0.2) is 78.4 Å². The number of fused-ring (bicyclic) bond motifs is 1. The summed E-state index contributed by atoms with van der Waals surface area (Å²) >= 11 is 8.22. The average molecular weight is 419 g/mol. The van der Waals surface area contributed by atoms with Gasteiger partial charge in [0.15, 0.2) is 5.16 Å². The molecule has 2 aliphatic heterocycles. The molecular formula is C13H15ClN6O4S2. The number of aromatic amines is 1. The largest absolute Gasteiger partial charge is 0.477 e. The quantitative estimate of drug-likeness (QED) is 0.277. The van der Waals surface area contributed by atoms with Crippen molar-refractivity contribution in [1.82, 2.24) is 30.7 Å². The molecule has 3 rings (SSSR count). The maximum absolute atomic E-state index is 12.4. The standard InChI is InChI=1S/C13H15ClN6O4S2/c14-1-2-15-12(24)18-7-9(21)20-8(11(22)23)6(3-25-10(7)20)4-26-13-16-5-17-19-13/h5,7,10H,1-4H2,(H,22,23)(H2,15,18,24)(H,16,17,19)/t7?,10-/m1/s1. The number of halogens is 1. The highest BCUT2D eigenvalue weighted by molar-refractivity contribution is 8.01. The van der Waals surface area contributed by atoms with Crippen molar-refractivity contribution in [3.8, 4) is 0 Å². The molecule has 1 fully saturated rings. The number of hydrogen-bond donors (Lipinski definition) is 4. The number of aliphatic carboxylic acids is 1. The van der Waals surface area contributed by atoms with E-state index in [-0.39, 0.29) is 18.1 Å². The van der Waals surface area contributed by atoms with Crippen LogP contribution < -0.4 is 10.6 Å². The van der Waals surface area contributed by atoms with Crippen molar-refractivity contribution in [2.45, 2.75) is 16.6 Å². The number of carbonyl (C=O) groups excluding carboxylic acids is 2. The second kappa shape index (κ2) is 8.18. The van der Waals surface area contributed by atoms with Crippen LogP contribution in [0.3, 0.4) is 0 Å². The SMILES string of the molecule is O=C(NCCCl)NC1C(=O)N2C(C(=O)O)=C(CSc3nnc[nH]3)CS[C@H]12. The molecule has 1 unspecified atom stereocenters. The highest BCUT2D eigenvalue weighted by Crippen LogP contribution is 2.41. The number of β-lactam (4-membered cyclic amide) rings is 1. The molecule has 140 valence electrons. The summed E-state index contributed by atoms with van der Waals surface area (Å²) < 4.78 is 0. The van der Waals surface area contributed by atoms with Gasteiger partial charge >= 0.3 is 12.0 Å². The van der Waals surface area contributed by atoms with E-state index in [1.165, 1.54) is 34.8 Å². The Balaban J connectivity index is 1.69. The summed E-state index contributed by atoms with van der Waals surface area (Å²) in [5, 5.41) is 22.3. The van der Waals surface area contributed by atoms with E-state index in [1.54, 1.807) is 0 Å². The molecule has 0 spiro atoms. The van der Waals surface area contributed by atoms with E-state index in [0.29, 0.717) is 22.2 Å². The van der Waals surface area contributed by atoms with Gasteiger partial charge < -0.3 is 20.7 Å². The van der Waals surface area contributed by atoms with Crippen molar-refractivity contribution in [3.63, 3.8) is 0 Å². The summed E-state index contributed by atoms with van der Waals surface area (Å²) in [6.07, 6.45) is 1.44. The van der Waals surface area contributed by atoms with E-state index in [2.05, 4.69) is 25.8 Å². The zero-order valence-corrected chi connectivity index (χ0v) is 15.7. The first-order chi connectivity index (χ1) is 12.5. The van der Waals surface area contributed by atoms with Crippen molar-refractivity contribution >= 4 is 53.0 Å². The first kappa shape index (κ1) is 18.9. The molecule has 0 radical (unpaired) electrons. The number of nitrogens with one attached hydrogen (secondary N) is 3. The van der Waals surface area contributed by atoms with Crippen LogP contribution in [0.4, 0.5) is 4.79 Å². The number of nitrogens with zero attached hydrogens (tertiary/aromatic N) is 3. The molecule has 13 heteroatoms. The molecule has 2 atom stereocenters. The summed E-state index contributed by atoms with van der Waals surface area (Å²) in [5.41, 5.74) is 0.600. The number of amides is 3. The third-order valence-electron chi connectivity index (χ3n) is 3.69. The molecule has 0 saturated carbocycles. The van der Waals surface area contributed by atoms with Gasteiger partial charge in [0, 0.05) is 23.9 Å². The minimum atomic E-state index is -1.16. The zero-order chi connectivity index (χ0) is 18.7. The summed E-state index contributed by atoms with van der Waals surface area (Å²) in [6.45, 7) is 0.277. The minimum absolute atomic E-state index is 0.0232. The molecule has 0 aliphatic carbocycles. The molecule has 2 aliphatic rings. The predicted octanol–water partition coefficient (Wildman–Crippen LogP) is 0.0572. The van der Waals surface area contributed by atoms with Gasteiger partial charge in [0.2, 0.25) is 0 Å². The Morgan fingerprint density at radius 3 is 3.00 bits per heavy atom. The molecule has 0 aromatic carbocycles. The number of aromatic nitrogens is 3. The highest BCUT2D eigenvalue weighted by Gasteiger charge is 2.54. The molecule has 3 heterocycles. The Labute approximate surface area is 161 Å². The van der Waals surface area contributed by atoms with Gasteiger partial charge in [0.1, 0.15) is 23.4 Å². The number of hydrogen-bond acceptors (Lipinski definition) is 7. The lowest BCUT2D eigenvalue weighted by Gasteiger charge is -2.49. The van der Waals surface area contributed by atoms with Gasteiger partial charge in [0.25, 0.3) is 5.91 Å². The Morgan fingerprint density at radius 2 is 2.35 bits per heavy atom. The Morgan fingerprint density at radius 1 is 1.54 bits per heavy atom. The molecule has 3 amide bonds. The summed E-state index contributed by atoms with van der Waals surface area (Å²) in [6, 6.07) is -1.26. The van der Waals surface area contributed by atoms with Gasteiger partial charge in [-0.25, -0.2) is 9.59 Å². The van der Waals surface area contributed by atoms with Crippen LogP contribution in [0, 0.1) is 0 Å². The lowest BCUT2D eigenvalue weighted by atomic mass is 10.0. The van der Waals surface area contributed by atoms with E-state index in [1.807, 2.05) is 0 Å². The van der Waals surface area contributed by atoms with Gasteiger partial charge in [-0.15, -0.1) is 33.6 Å².